The normalized spacial score (nSPS) is 11.4. The van der Waals surface area contributed by atoms with E-state index in [1.165, 1.54) is 12.1 Å². The maximum atomic E-state index is 12.8. The number of amides is 2. The van der Waals surface area contributed by atoms with Crippen LogP contribution in [0.3, 0.4) is 0 Å². The third-order valence-corrected chi connectivity index (χ3v) is 4.43. The van der Waals surface area contributed by atoms with E-state index in [9.17, 15) is 18.0 Å². The van der Waals surface area contributed by atoms with E-state index < -0.39 is 17.8 Å². The summed E-state index contributed by atoms with van der Waals surface area (Å²) in [6.07, 6.45) is -4.49. The standard InChI is InChI=1S/C21H15F3N4O2/c22-21(23,24)13-3-1-4-15(11-13)27-20(29)26-14-9-7-12(8-10-14)16-5-2-6-17-18(16)19(25)30-28-17/h1-11H,25H2,(H2,26,27,29). The highest BCUT2D eigenvalue weighted by Crippen LogP contribution is 2.33. The molecule has 4 N–H and O–H groups in total. The maximum absolute atomic E-state index is 12.8. The molecular weight excluding hydrogens is 397 g/mol. The molecule has 1 heterocycles. The van der Waals surface area contributed by atoms with E-state index in [-0.39, 0.29) is 11.6 Å². The van der Waals surface area contributed by atoms with Crippen LogP contribution in [-0.2, 0) is 6.18 Å². The van der Waals surface area contributed by atoms with Crippen molar-refractivity contribution in [1.29, 1.82) is 0 Å². The zero-order valence-corrected chi connectivity index (χ0v) is 15.3. The second kappa shape index (κ2) is 7.43. The first-order chi connectivity index (χ1) is 14.3. The van der Waals surface area contributed by atoms with Gasteiger partial charge in [0.2, 0.25) is 5.88 Å². The quantitative estimate of drug-likeness (QED) is 0.400. The Kier molecular flexibility index (Phi) is 4.78. The topological polar surface area (TPSA) is 93.2 Å². The Labute approximate surface area is 168 Å². The highest BCUT2D eigenvalue weighted by atomic mass is 19.4. The molecule has 152 valence electrons. The van der Waals surface area contributed by atoms with Crippen molar-refractivity contribution >= 4 is 34.2 Å². The van der Waals surface area contributed by atoms with E-state index in [4.69, 9.17) is 10.3 Å². The lowest BCUT2D eigenvalue weighted by Crippen LogP contribution is -2.19. The summed E-state index contributed by atoms with van der Waals surface area (Å²) in [7, 11) is 0. The van der Waals surface area contributed by atoms with Crippen LogP contribution in [0.4, 0.5) is 35.2 Å². The van der Waals surface area contributed by atoms with Gasteiger partial charge in [0.25, 0.3) is 0 Å². The summed E-state index contributed by atoms with van der Waals surface area (Å²) in [5, 5.41) is 9.56. The van der Waals surface area contributed by atoms with Gasteiger partial charge in [-0.25, -0.2) is 4.79 Å². The van der Waals surface area contributed by atoms with Crippen LogP contribution in [0.5, 0.6) is 0 Å². The van der Waals surface area contributed by atoms with E-state index in [0.717, 1.165) is 23.3 Å². The van der Waals surface area contributed by atoms with Gasteiger partial charge in [0, 0.05) is 11.4 Å². The van der Waals surface area contributed by atoms with Crippen molar-refractivity contribution in [2.24, 2.45) is 0 Å². The van der Waals surface area contributed by atoms with E-state index in [1.807, 2.05) is 12.1 Å². The molecule has 0 spiro atoms. The smallest absolute Gasteiger partial charge is 0.367 e. The number of anilines is 3. The molecule has 0 saturated heterocycles. The predicted molar refractivity (Wildman–Crippen MR) is 108 cm³/mol. The molecule has 9 heteroatoms. The van der Waals surface area contributed by atoms with E-state index in [1.54, 1.807) is 30.3 Å². The van der Waals surface area contributed by atoms with Crippen LogP contribution in [0.1, 0.15) is 5.56 Å². The largest absolute Gasteiger partial charge is 0.416 e. The molecule has 0 aliphatic carbocycles. The third-order valence-electron chi connectivity index (χ3n) is 4.43. The molecule has 0 fully saturated rings. The first-order valence-electron chi connectivity index (χ1n) is 8.81. The number of alkyl halides is 3. The van der Waals surface area contributed by atoms with Gasteiger partial charge in [0.15, 0.2) is 0 Å². The summed E-state index contributed by atoms with van der Waals surface area (Å²) in [6, 6.07) is 16.1. The molecule has 4 aromatic rings. The van der Waals surface area contributed by atoms with Gasteiger partial charge in [-0.05, 0) is 47.5 Å². The molecule has 1 aromatic heterocycles. The Bertz CT molecular complexity index is 1220. The summed E-state index contributed by atoms with van der Waals surface area (Å²) in [5.74, 6) is 0.211. The fourth-order valence-corrected chi connectivity index (χ4v) is 3.06. The van der Waals surface area contributed by atoms with Crippen molar-refractivity contribution < 1.29 is 22.5 Å². The van der Waals surface area contributed by atoms with Crippen molar-refractivity contribution in [1.82, 2.24) is 5.16 Å². The fraction of sp³-hybridized carbons (Fsp3) is 0.0476. The number of nitrogens with two attached hydrogens (primary N) is 1. The number of benzene rings is 3. The zero-order valence-electron chi connectivity index (χ0n) is 15.3. The average molecular weight is 412 g/mol. The van der Waals surface area contributed by atoms with Gasteiger partial charge < -0.3 is 20.9 Å². The number of fused-ring (bicyclic) bond motifs is 1. The molecule has 0 aliphatic heterocycles. The lowest BCUT2D eigenvalue weighted by atomic mass is 10.0. The van der Waals surface area contributed by atoms with Gasteiger partial charge in [-0.2, -0.15) is 13.2 Å². The monoisotopic (exact) mass is 412 g/mol. The molecular formula is C21H15F3N4O2. The maximum Gasteiger partial charge on any atom is 0.416 e. The van der Waals surface area contributed by atoms with Crippen LogP contribution in [0.15, 0.2) is 71.3 Å². The first-order valence-corrected chi connectivity index (χ1v) is 8.81. The second-order valence-corrected chi connectivity index (χ2v) is 6.48. The average Bonchev–Trinajstić information content (AvgIpc) is 3.09. The SMILES string of the molecule is Nc1onc2cccc(-c3ccc(NC(=O)Nc4cccc(C(F)(F)F)c4)cc3)c12. The Morgan fingerprint density at radius 2 is 1.63 bits per heavy atom. The van der Waals surface area contributed by atoms with Crippen LogP contribution in [0, 0.1) is 0 Å². The lowest BCUT2D eigenvalue weighted by Gasteiger charge is -2.11. The van der Waals surface area contributed by atoms with Gasteiger partial charge in [-0.3, -0.25) is 0 Å². The molecule has 0 unspecified atom stereocenters. The molecule has 30 heavy (non-hydrogen) atoms. The molecule has 4 rings (SSSR count). The summed E-state index contributed by atoms with van der Waals surface area (Å²) < 4.78 is 43.4. The molecule has 0 radical (unpaired) electrons. The minimum atomic E-state index is -4.49. The molecule has 0 aliphatic rings. The highest BCUT2D eigenvalue weighted by Gasteiger charge is 2.30. The van der Waals surface area contributed by atoms with Gasteiger partial charge in [-0.15, -0.1) is 0 Å². The minimum absolute atomic E-state index is 0.0357. The van der Waals surface area contributed by atoms with Crippen molar-refractivity contribution in [3.05, 3.63) is 72.3 Å². The Morgan fingerprint density at radius 3 is 2.37 bits per heavy atom. The molecule has 3 aromatic carbocycles. The van der Waals surface area contributed by atoms with Crippen molar-refractivity contribution in [3.63, 3.8) is 0 Å². The Balaban J connectivity index is 1.49. The summed E-state index contributed by atoms with van der Waals surface area (Å²) in [5.41, 5.74) is 7.81. The number of halogens is 3. The second-order valence-electron chi connectivity index (χ2n) is 6.48. The number of carbonyl (C=O) groups excluding carboxylic acids is 1. The van der Waals surface area contributed by atoms with Crippen molar-refractivity contribution in [3.8, 4) is 11.1 Å². The number of nitrogens with zero attached hydrogens (tertiary/aromatic N) is 1. The third kappa shape index (κ3) is 3.90. The van der Waals surface area contributed by atoms with E-state index in [2.05, 4.69) is 15.8 Å². The van der Waals surface area contributed by atoms with Gasteiger partial charge in [0.1, 0.15) is 5.52 Å². The van der Waals surface area contributed by atoms with Crippen LogP contribution in [-0.4, -0.2) is 11.2 Å². The van der Waals surface area contributed by atoms with Crippen LogP contribution in [0.2, 0.25) is 0 Å². The molecule has 6 nitrogen and oxygen atoms in total. The summed E-state index contributed by atoms with van der Waals surface area (Å²) >= 11 is 0. The highest BCUT2D eigenvalue weighted by molar-refractivity contribution is 6.02. The molecule has 0 saturated carbocycles. The lowest BCUT2D eigenvalue weighted by molar-refractivity contribution is -0.137. The van der Waals surface area contributed by atoms with Gasteiger partial charge in [0.05, 0.1) is 10.9 Å². The number of hydrogen-bond donors (Lipinski definition) is 3. The van der Waals surface area contributed by atoms with E-state index >= 15 is 0 Å². The fourth-order valence-electron chi connectivity index (χ4n) is 3.06. The van der Waals surface area contributed by atoms with Crippen molar-refractivity contribution in [2.75, 3.05) is 16.4 Å². The van der Waals surface area contributed by atoms with Gasteiger partial charge >= 0.3 is 12.2 Å². The van der Waals surface area contributed by atoms with Gasteiger partial charge in [-0.1, -0.05) is 35.5 Å². The van der Waals surface area contributed by atoms with Crippen LogP contribution < -0.4 is 16.4 Å². The molecule has 2 amide bonds. The molecule has 0 atom stereocenters. The summed E-state index contributed by atoms with van der Waals surface area (Å²) in [6.45, 7) is 0. The Morgan fingerprint density at radius 1 is 0.933 bits per heavy atom. The minimum Gasteiger partial charge on any atom is -0.367 e. The number of aromatic nitrogens is 1. The van der Waals surface area contributed by atoms with Crippen LogP contribution >= 0.6 is 0 Å². The number of hydrogen-bond acceptors (Lipinski definition) is 4. The number of nitrogen functional groups attached to an aromatic ring is 1. The number of urea groups is 1. The predicted octanol–water partition coefficient (Wildman–Crippen LogP) is 5.74. The van der Waals surface area contributed by atoms with E-state index in [0.29, 0.717) is 16.6 Å². The number of rotatable bonds is 3. The van der Waals surface area contributed by atoms with Crippen LogP contribution in [0.25, 0.3) is 22.0 Å². The number of carbonyl (C=O) groups is 1. The zero-order chi connectivity index (χ0) is 21.3. The first kappa shape index (κ1) is 19.3. The van der Waals surface area contributed by atoms with Crippen molar-refractivity contribution in [2.45, 2.75) is 6.18 Å². The molecule has 0 bridgehead atoms. The number of nitrogens with one attached hydrogen (secondary N) is 2. The summed E-state index contributed by atoms with van der Waals surface area (Å²) in [4.78, 5) is 12.1. The Hall–Kier alpha value is -4.01.